The van der Waals surface area contributed by atoms with E-state index in [-0.39, 0.29) is 17.3 Å². The molecule has 0 amide bonds. The van der Waals surface area contributed by atoms with Gasteiger partial charge in [0.15, 0.2) is 17.5 Å². The van der Waals surface area contributed by atoms with Crippen LogP contribution >= 0.6 is 12.2 Å². The lowest BCUT2D eigenvalue weighted by atomic mass is 10.1. The predicted octanol–water partition coefficient (Wildman–Crippen LogP) is 4.35. The molecule has 1 N–H and O–H groups in total. The maximum absolute atomic E-state index is 13.2. The van der Waals surface area contributed by atoms with Gasteiger partial charge in [0.05, 0.1) is 0 Å². The molecule has 0 unspecified atom stereocenters. The normalized spacial score (nSPS) is 11.1. The summed E-state index contributed by atoms with van der Waals surface area (Å²) in [4.78, 5) is 6.94. The fraction of sp³-hybridized carbons (Fsp3) is 0.231. The summed E-state index contributed by atoms with van der Waals surface area (Å²) in [5.74, 6) is -3.65. The molecule has 19 heavy (non-hydrogen) atoms. The minimum Gasteiger partial charge on any atom is -0.343 e. The van der Waals surface area contributed by atoms with Crippen LogP contribution in [-0.4, -0.2) is 9.97 Å². The highest BCUT2D eigenvalue weighted by Gasteiger charge is 2.13. The predicted molar refractivity (Wildman–Crippen MR) is 68.8 cm³/mol. The SMILES string of the molecule is CC(C)c1cc(=S)nc(-c2cc(F)c(F)c(F)c2)[nH]1. The van der Waals surface area contributed by atoms with Gasteiger partial charge < -0.3 is 4.98 Å². The Balaban J connectivity index is 2.62. The number of benzene rings is 1. The number of hydrogen-bond acceptors (Lipinski definition) is 2. The van der Waals surface area contributed by atoms with Crippen molar-refractivity contribution in [3.63, 3.8) is 0 Å². The van der Waals surface area contributed by atoms with Crippen molar-refractivity contribution in [3.05, 3.63) is 46.0 Å². The molecule has 2 aromatic rings. The van der Waals surface area contributed by atoms with Gasteiger partial charge in [-0.15, -0.1) is 0 Å². The number of aromatic amines is 1. The van der Waals surface area contributed by atoms with E-state index in [9.17, 15) is 13.2 Å². The molecule has 0 aliphatic carbocycles. The molecular formula is C13H11F3N2S. The topological polar surface area (TPSA) is 28.7 Å². The van der Waals surface area contributed by atoms with Gasteiger partial charge in [-0.05, 0) is 24.1 Å². The van der Waals surface area contributed by atoms with Crippen LogP contribution in [0.25, 0.3) is 11.4 Å². The van der Waals surface area contributed by atoms with Crippen LogP contribution in [0.5, 0.6) is 0 Å². The van der Waals surface area contributed by atoms with Crippen LogP contribution in [0.1, 0.15) is 25.5 Å². The second-order valence-electron chi connectivity index (χ2n) is 4.43. The lowest BCUT2D eigenvalue weighted by Gasteiger charge is -2.09. The average Bonchev–Trinajstić information content (AvgIpc) is 2.34. The Morgan fingerprint density at radius 3 is 2.21 bits per heavy atom. The first-order chi connectivity index (χ1) is 8.88. The number of halogens is 3. The molecule has 0 fully saturated rings. The van der Waals surface area contributed by atoms with Crippen molar-refractivity contribution in [2.75, 3.05) is 0 Å². The molecule has 0 radical (unpaired) electrons. The largest absolute Gasteiger partial charge is 0.343 e. The van der Waals surface area contributed by atoms with Crippen molar-refractivity contribution in [2.24, 2.45) is 0 Å². The van der Waals surface area contributed by atoms with E-state index in [1.807, 2.05) is 13.8 Å². The molecule has 100 valence electrons. The Morgan fingerprint density at radius 2 is 1.68 bits per heavy atom. The van der Waals surface area contributed by atoms with Crippen molar-refractivity contribution in [1.82, 2.24) is 9.97 Å². The van der Waals surface area contributed by atoms with Gasteiger partial charge >= 0.3 is 0 Å². The van der Waals surface area contributed by atoms with Crippen LogP contribution in [0, 0.1) is 22.1 Å². The molecule has 1 aromatic carbocycles. The van der Waals surface area contributed by atoms with Crippen LogP contribution in [0.4, 0.5) is 13.2 Å². The molecule has 1 aromatic heterocycles. The second kappa shape index (κ2) is 5.13. The minimum atomic E-state index is -1.50. The zero-order chi connectivity index (χ0) is 14.2. The third-order valence-electron chi connectivity index (χ3n) is 2.64. The van der Waals surface area contributed by atoms with E-state index in [4.69, 9.17) is 12.2 Å². The van der Waals surface area contributed by atoms with Gasteiger partial charge in [0.2, 0.25) is 0 Å². The number of rotatable bonds is 2. The summed E-state index contributed by atoms with van der Waals surface area (Å²) in [7, 11) is 0. The molecule has 0 atom stereocenters. The summed E-state index contributed by atoms with van der Waals surface area (Å²) >= 11 is 5.01. The summed E-state index contributed by atoms with van der Waals surface area (Å²) in [5.41, 5.74) is 0.908. The zero-order valence-corrected chi connectivity index (χ0v) is 11.1. The molecule has 2 nitrogen and oxygen atoms in total. The lowest BCUT2D eigenvalue weighted by molar-refractivity contribution is 0.447. The van der Waals surface area contributed by atoms with E-state index in [2.05, 4.69) is 9.97 Å². The third kappa shape index (κ3) is 2.84. The quantitative estimate of drug-likeness (QED) is 0.656. The van der Waals surface area contributed by atoms with Crippen molar-refractivity contribution in [3.8, 4) is 11.4 Å². The Labute approximate surface area is 113 Å². The molecule has 1 heterocycles. The first-order valence-corrected chi connectivity index (χ1v) is 6.05. The van der Waals surface area contributed by atoms with Gasteiger partial charge in [0, 0.05) is 11.3 Å². The molecule has 0 bridgehead atoms. The summed E-state index contributed by atoms with van der Waals surface area (Å²) in [6, 6.07) is 3.45. The number of nitrogens with one attached hydrogen (secondary N) is 1. The first-order valence-electron chi connectivity index (χ1n) is 5.64. The fourth-order valence-electron chi connectivity index (χ4n) is 1.62. The molecule has 6 heteroatoms. The molecule has 0 aliphatic heterocycles. The number of H-pyrrole nitrogens is 1. The Morgan fingerprint density at radius 1 is 1.11 bits per heavy atom. The summed E-state index contributed by atoms with van der Waals surface area (Å²) in [6.45, 7) is 3.88. The van der Waals surface area contributed by atoms with E-state index in [0.29, 0.717) is 4.64 Å². The van der Waals surface area contributed by atoms with E-state index >= 15 is 0 Å². The van der Waals surface area contributed by atoms with Crippen molar-refractivity contribution in [2.45, 2.75) is 19.8 Å². The summed E-state index contributed by atoms with van der Waals surface area (Å²) in [6.07, 6.45) is 0. The van der Waals surface area contributed by atoms with Gasteiger partial charge in [0.1, 0.15) is 10.5 Å². The van der Waals surface area contributed by atoms with Crippen LogP contribution in [0.3, 0.4) is 0 Å². The second-order valence-corrected chi connectivity index (χ2v) is 4.85. The lowest BCUT2D eigenvalue weighted by Crippen LogP contribution is -2.00. The van der Waals surface area contributed by atoms with Crippen molar-refractivity contribution >= 4 is 12.2 Å². The Kier molecular flexibility index (Phi) is 3.71. The van der Waals surface area contributed by atoms with E-state index < -0.39 is 17.5 Å². The summed E-state index contributed by atoms with van der Waals surface area (Å²) < 4.78 is 39.6. The van der Waals surface area contributed by atoms with Gasteiger partial charge in [0.25, 0.3) is 0 Å². The highest BCUT2D eigenvalue weighted by Crippen LogP contribution is 2.22. The fourth-order valence-corrected chi connectivity index (χ4v) is 1.83. The van der Waals surface area contributed by atoms with Crippen LogP contribution in [0.2, 0.25) is 0 Å². The first kappa shape index (κ1) is 13.7. The van der Waals surface area contributed by atoms with E-state index in [1.54, 1.807) is 6.07 Å². The Bertz CT molecular complexity index is 657. The van der Waals surface area contributed by atoms with E-state index in [1.165, 1.54) is 0 Å². The molecule has 0 aliphatic rings. The molecule has 0 saturated heterocycles. The molecule has 2 rings (SSSR count). The van der Waals surface area contributed by atoms with Gasteiger partial charge in [-0.1, -0.05) is 26.1 Å². The number of hydrogen-bond donors (Lipinski definition) is 1. The summed E-state index contributed by atoms with van der Waals surface area (Å²) in [5, 5.41) is 0. The van der Waals surface area contributed by atoms with E-state index in [0.717, 1.165) is 17.8 Å². The third-order valence-corrected chi connectivity index (χ3v) is 2.85. The maximum Gasteiger partial charge on any atom is 0.194 e. The van der Waals surface area contributed by atoms with Crippen LogP contribution < -0.4 is 0 Å². The maximum atomic E-state index is 13.2. The molecular weight excluding hydrogens is 273 g/mol. The average molecular weight is 284 g/mol. The Hall–Kier alpha value is -1.69. The van der Waals surface area contributed by atoms with Crippen molar-refractivity contribution in [1.29, 1.82) is 0 Å². The monoisotopic (exact) mass is 284 g/mol. The highest BCUT2D eigenvalue weighted by atomic mass is 32.1. The molecule has 0 saturated carbocycles. The number of aromatic nitrogens is 2. The van der Waals surface area contributed by atoms with Crippen LogP contribution in [-0.2, 0) is 0 Å². The van der Waals surface area contributed by atoms with Gasteiger partial charge in [-0.25, -0.2) is 18.2 Å². The van der Waals surface area contributed by atoms with Crippen LogP contribution in [0.15, 0.2) is 18.2 Å². The molecule has 0 spiro atoms. The van der Waals surface area contributed by atoms with Crippen molar-refractivity contribution < 1.29 is 13.2 Å². The van der Waals surface area contributed by atoms with Gasteiger partial charge in [-0.2, -0.15) is 0 Å². The standard InChI is InChI=1S/C13H11F3N2S/c1-6(2)10-5-11(19)18-13(17-10)7-3-8(14)12(16)9(15)4-7/h3-6H,1-2H3,(H,17,18,19). The highest BCUT2D eigenvalue weighted by molar-refractivity contribution is 7.71. The number of nitrogens with zero attached hydrogens (tertiary/aromatic N) is 1. The minimum absolute atomic E-state index is 0.116. The smallest absolute Gasteiger partial charge is 0.194 e. The zero-order valence-electron chi connectivity index (χ0n) is 10.3. The van der Waals surface area contributed by atoms with Gasteiger partial charge in [-0.3, -0.25) is 0 Å².